The van der Waals surface area contributed by atoms with E-state index in [4.69, 9.17) is 0 Å². The Morgan fingerprint density at radius 2 is 1.07 bits per heavy atom. The molecule has 0 N–H and O–H groups in total. The van der Waals surface area contributed by atoms with E-state index in [0.717, 1.165) is 0 Å². The highest BCUT2D eigenvalue weighted by Gasteiger charge is 2.63. The second-order valence-electron chi connectivity index (χ2n) is 23.7. The SMILES string of the molecule is Cc1cc(C)c2c(c1)N(c1cc3c4c(c1)N1c5c(cc(C(C)(C)C)cc5C5(C)CCCCC15C)B4c1cc(-c4ccccc4)ccc1N3c1ccc(-c3ccccc3)cc1)C1(C)CCCCC21C. The number of hydrogen-bond donors (Lipinski definition) is 0. The average Bonchev–Trinajstić information content (AvgIpc) is 3.68. The van der Waals surface area contributed by atoms with E-state index in [-0.39, 0.29) is 34.0 Å². The molecule has 0 spiro atoms. The summed E-state index contributed by atoms with van der Waals surface area (Å²) in [6, 6.07) is 54.4. The van der Waals surface area contributed by atoms with E-state index in [1.807, 2.05) is 0 Å². The second-order valence-corrected chi connectivity index (χ2v) is 23.7. The topological polar surface area (TPSA) is 9.72 Å². The molecule has 7 aromatic carbocycles. The van der Waals surface area contributed by atoms with Gasteiger partial charge >= 0.3 is 0 Å². The fourth-order valence-corrected chi connectivity index (χ4v) is 15.2. The summed E-state index contributed by atoms with van der Waals surface area (Å²) in [5.74, 6) is 0. The van der Waals surface area contributed by atoms with Crippen molar-refractivity contribution >= 4 is 62.9 Å². The number of anilines is 7. The van der Waals surface area contributed by atoms with Crippen LogP contribution in [0.25, 0.3) is 22.3 Å². The first-order valence-corrected chi connectivity index (χ1v) is 25.9. The molecule has 6 aliphatic rings. The lowest BCUT2D eigenvalue weighted by atomic mass is 9.33. The first-order valence-electron chi connectivity index (χ1n) is 25.9. The van der Waals surface area contributed by atoms with Gasteiger partial charge in [-0.15, -0.1) is 0 Å². The lowest BCUT2D eigenvalue weighted by molar-refractivity contribution is 0.193. The molecule has 0 radical (unpaired) electrons. The van der Waals surface area contributed by atoms with E-state index in [2.05, 4.69) is 217 Å². The molecule has 4 atom stereocenters. The fraction of sp³-hybridized carbons (Fsp3) is 0.344. The van der Waals surface area contributed by atoms with Crippen molar-refractivity contribution in [2.75, 3.05) is 14.7 Å². The highest BCUT2D eigenvalue weighted by molar-refractivity contribution is 7.00. The molecule has 0 saturated heterocycles. The van der Waals surface area contributed by atoms with Crippen LogP contribution >= 0.6 is 0 Å². The molecule has 4 heteroatoms. The van der Waals surface area contributed by atoms with Crippen molar-refractivity contribution < 1.29 is 0 Å². The Balaban J connectivity index is 1.16. The van der Waals surface area contributed by atoms with Crippen LogP contribution in [0.1, 0.15) is 128 Å². The van der Waals surface area contributed by atoms with Crippen LogP contribution in [-0.2, 0) is 16.2 Å². The van der Waals surface area contributed by atoms with Crippen molar-refractivity contribution in [2.45, 2.75) is 141 Å². The van der Waals surface area contributed by atoms with Crippen LogP contribution in [0.2, 0.25) is 0 Å². The predicted octanol–water partition coefficient (Wildman–Crippen LogP) is 15.0. The van der Waals surface area contributed by atoms with Gasteiger partial charge in [0.05, 0.1) is 11.1 Å². The molecule has 2 aliphatic carbocycles. The van der Waals surface area contributed by atoms with E-state index >= 15 is 0 Å². The molecule has 0 aromatic heterocycles. The maximum absolute atomic E-state index is 2.95. The Bertz CT molecular complexity index is 3220. The molecular formula is C64H66BN3. The van der Waals surface area contributed by atoms with Gasteiger partial charge in [0, 0.05) is 50.6 Å². The zero-order chi connectivity index (χ0) is 46.7. The van der Waals surface area contributed by atoms with Crippen molar-refractivity contribution in [3.63, 3.8) is 0 Å². The predicted molar refractivity (Wildman–Crippen MR) is 290 cm³/mol. The number of hydrogen-bond acceptors (Lipinski definition) is 3. The summed E-state index contributed by atoms with van der Waals surface area (Å²) in [5, 5.41) is 0. The van der Waals surface area contributed by atoms with Gasteiger partial charge in [0.15, 0.2) is 0 Å². The average molecular weight is 888 g/mol. The molecule has 7 aromatic rings. The lowest BCUT2D eigenvalue weighted by Crippen LogP contribution is -2.64. The van der Waals surface area contributed by atoms with Gasteiger partial charge in [0.1, 0.15) is 0 Å². The van der Waals surface area contributed by atoms with Gasteiger partial charge in [-0.1, -0.05) is 163 Å². The molecule has 0 bridgehead atoms. The summed E-state index contributed by atoms with van der Waals surface area (Å²) in [5.41, 5.74) is 26.0. The normalized spacial score (nSPS) is 25.1. The summed E-state index contributed by atoms with van der Waals surface area (Å²) in [6.07, 6.45) is 9.81. The first kappa shape index (κ1) is 42.1. The zero-order valence-electron chi connectivity index (χ0n) is 41.9. The summed E-state index contributed by atoms with van der Waals surface area (Å²) >= 11 is 0. The summed E-state index contributed by atoms with van der Waals surface area (Å²) < 4.78 is 0. The Morgan fingerprint density at radius 3 is 1.75 bits per heavy atom. The quantitative estimate of drug-likeness (QED) is 0.163. The van der Waals surface area contributed by atoms with Gasteiger partial charge in [0.2, 0.25) is 0 Å². The Kier molecular flexibility index (Phi) is 8.85. The molecule has 4 unspecified atom stereocenters. The number of benzene rings is 7. The van der Waals surface area contributed by atoms with Crippen LogP contribution < -0.4 is 31.1 Å². The molecular weight excluding hydrogens is 822 g/mol. The molecule has 4 heterocycles. The molecule has 340 valence electrons. The van der Waals surface area contributed by atoms with Gasteiger partial charge in [-0.05, 0) is 162 Å². The molecule has 2 saturated carbocycles. The van der Waals surface area contributed by atoms with Crippen molar-refractivity contribution in [3.05, 3.63) is 167 Å². The third kappa shape index (κ3) is 5.49. The first-order chi connectivity index (χ1) is 32.6. The standard InChI is InChI=1S/C64H66BN3/c1-41-34-42(2)57-54(35-41)67(64(9)33-19-17-31-62(57,64)7)49-39-55-58-56(40-49)68-59-50(61(6)30-16-18-32-63(61,68)8)37-47(60(3,4)5)38-52(59)65(58)51-36-46(44-22-14-11-15-23-44)26-29-53(51)66(55)48-27-24-45(25-28-48)43-20-12-10-13-21-43/h10-15,20-29,34-40H,16-19,30-33H2,1-9H3. The summed E-state index contributed by atoms with van der Waals surface area (Å²) in [7, 11) is 0. The highest BCUT2D eigenvalue weighted by atomic mass is 15.3. The van der Waals surface area contributed by atoms with Crippen molar-refractivity contribution in [1.82, 2.24) is 0 Å². The largest absolute Gasteiger partial charge is 0.335 e. The monoisotopic (exact) mass is 888 g/mol. The Hall–Kier alpha value is -6.00. The van der Waals surface area contributed by atoms with Crippen LogP contribution in [0.3, 0.4) is 0 Å². The molecule has 68 heavy (non-hydrogen) atoms. The van der Waals surface area contributed by atoms with Crippen LogP contribution in [0, 0.1) is 13.8 Å². The van der Waals surface area contributed by atoms with E-state index in [1.54, 1.807) is 11.1 Å². The highest BCUT2D eigenvalue weighted by Crippen LogP contribution is 2.65. The Labute approximate surface area is 406 Å². The molecule has 3 nitrogen and oxygen atoms in total. The lowest BCUT2D eigenvalue weighted by Gasteiger charge is -2.54. The molecule has 2 fully saturated rings. The van der Waals surface area contributed by atoms with Crippen molar-refractivity contribution in [2.24, 2.45) is 0 Å². The molecule has 13 rings (SSSR count). The van der Waals surface area contributed by atoms with Crippen LogP contribution in [0.4, 0.5) is 39.8 Å². The number of aryl methyl sites for hydroxylation is 2. The Morgan fingerprint density at radius 1 is 0.485 bits per heavy atom. The zero-order valence-corrected chi connectivity index (χ0v) is 41.9. The van der Waals surface area contributed by atoms with E-state index in [0.29, 0.717) is 0 Å². The number of rotatable bonds is 4. The number of fused-ring (bicyclic) bond motifs is 10. The third-order valence-corrected chi connectivity index (χ3v) is 19.0. The fourth-order valence-electron chi connectivity index (χ4n) is 15.2. The van der Waals surface area contributed by atoms with Crippen LogP contribution in [0.5, 0.6) is 0 Å². The van der Waals surface area contributed by atoms with Gasteiger partial charge in [0.25, 0.3) is 6.71 Å². The summed E-state index contributed by atoms with van der Waals surface area (Å²) in [6.45, 7) is 22.5. The number of nitrogens with zero attached hydrogens (tertiary/aromatic N) is 3. The molecule has 0 amide bonds. The summed E-state index contributed by atoms with van der Waals surface area (Å²) in [4.78, 5) is 8.48. The van der Waals surface area contributed by atoms with E-state index in [1.165, 1.54) is 147 Å². The van der Waals surface area contributed by atoms with Gasteiger partial charge in [-0.2, -0.15) is 0 Å². The second kappa shape index (κ2) is 14.3. The maximum atomic E-state index is 2.95. The minimum Gasteiger partial charge on any atom is -0.335 e. The van der Waals surface area contributed by atoms with Gasteiger partial charge in [-0.25, -0.2) is 0 Å². The van der Waals surface area contributed by atoms with Gasteiger partial charge < -0.3 is 14.7 Å². The smallest absolute Gasteiger partial charge is 0.252 e. The van der Waals surface area contributed by atoms with E-state index < -0.39 is 0 Å². The van der Waals surface area contributed by atoms with Crippen LogP contribution in [-0.4, -0.2) is 17.8 Å². The minimum absolute atomic E-state index is 0.00294. The van der Waals surface area contributed by atoms with Crippen molar-refractivity contribution in [1.29, 1.82) is 0 Å². The molecule has 4 aliphatic heterocycles. The minimum atomic E-state index is -0.0934. The van der Waals surface area contributed by atoms with Crippen LogP contribution in [0.15, 0.2) is 140 Å². The van der Waals surface area contributed by atoms with Gasteiger partial charge in [-0.3, -0.25) is 0 Å². The maximum Gasteiger partial charge on any atom is 0.252 e. The van der Waals surface area contributed by atoms with E-state index in [9.17, 15) is 0 Å². The van der Waals surface area contributed by atoms with Crippen molar-refractivity contribution in [3.8, 4) is 22.3 Å². The third-order valence-electron chi connectivity index (χ3n) is 19.0.